The van der Waals surface area contributed by atoms with Crippen LogP contribution in [0.2, 0.25) is 0 Å². The standard InChI is InChI=1S/C31H30FN5O3S/c1-19(2)18-41(39,40)37-27-13-24(12-25(14-27)31(38)35-20(3)21-8-10-26(32)11-9-21)29-17-34-30(36-29)28-15-22-6-4-5-7-23(22)16-33-28/h4-17,19-20,37H,18H2,1-3H3,(H,34,36)(H,35,38)/t20-/m1/s1. The number of pyridine rings is 1. The first-order valence-corrected chi connectivity index (χ1v) is 14.8. The van der Waals surface area contributed by atoms with Crippen LogP contribution in [-0.2, 0) is 10.0 Å². The van der Waals surface area contributed by atoms with Crippen LogP contribution in [0.1, 0.15) is 42.7 Å². The number of carbonyl (C=O) groups is 1. The SMILES string of the molecule is CC(C)CS(=O)(=O)Nc1cc(C(=O)N[C@H](C)c2ccc(F)cc2)cc(-c2c[nH]c(-c3cc4ccccc4cn3)n2)c1. The molecule has 0 fully saturated rings. The van der Waals surface area contributed by atoms with Crippen molar-refractivity contribution >= 4 is 32.4 Å². The second-order valence-corrected chi connectivity index (χ2v) is 12.1. The lowest BCUT2D eigenvalue weighted by molar-refractivity contribution is 0.0940. The first kappa shape index (κ1) is 28.0. The minimum atomic E-state index is -3.66. The summed E-state index contributed by atoms with van der Waals surface area (Å²) in [4.78, 5) is 25.7. The number of H-pyrrole nitrogens is 1. The molecule has 0 aliphatic heterocycles. The minimum Gasteiger partial charge on any atom is -0.346 e. The van der Waals surface area contributed by atoms with Gasteiger partial charge < -0.3 is 10.3 Å². The number of hydrogen-bond acceptors (Lipinski definition) is 5. The van der Waals surface area contributed by atoms with Crippen LogP contribution in [0.4, 0.5) is 10.1 Å². The van der Waals surface area contributed by atoms with Gasteiger partial charge in [0.1, 0.15) is 11.5 Å². The van der Waals surface area contributed by atoms with Crippen molar-refractivity contribution < 1.29 is 17.6 Å². The Kier molecular flexibility index (Phi) is 7.85. The quantitative estimate of drug-likeness (QED) is 0.191. The Labute approximate surface area is 238 Å². The molecule has 8 nitrogen and oxygen atoms in total. The summed E-state index contributed by atoms with van der Waals surface area (Å²) in [6, 6.07) is 20.1. The van der Waals surface area contributed by atoms with E-state index in [1.807, 2.05) is 44.2 Å². The lowest BCUT2D eigenvalue weighted by Crippen LogP contribution is -2.27. The molecule has 3 N–H and O–H groups in total. The smallest absolute Gasteiger partial charge is 0.251 e. The monoisotopic (exact) mass is 571 g/mol. The predicted octanol–water partition coefficient (Wildman–Crippen LogP) is 6.32. The van der Waals surface area contributed by atoms with Crippen LogP contribution in [0.15, 0.2) is 85.2 Å². The average molecular weight is 572 g/mol. The van der Waals surface area contributed by atoms with E-state index in [2.05, 4.69) is 20.0 Å². The molecule has 2 heterocycles. The number of aromatic amines is 1. The zero-order valence-electron chi connectivity index (χ0n) is 22.9. The number of imidazole rings is 1. The van der Waals surface area contributed by atoms with Crippen molar-refractivity contribution in [2.75, 3.05) is 10.5 Å². The molecule has 210 valence electrons. The van der Waals surface area contributed by atoms with Gasteiger partial charge in [0.2, 0.25) is 10.0 Å². The summed E-state index contributed by atoms with van der Waals surface area (Å²) < 4.78 is 41.5. The Hall–Kier alpha value is -4.57. The molecule has 1 amide bonds. The van der Waals surface area contributed by atoms with E-state index in [0.29, 0.717) is 22.8 Å². The third-order valence-corrected chi connectivity index (χ3v) is 8.14. The number of nitrogens with zero attached hydrogens (tertiary/aromatic N) is 2. The lowest BCUT2D eigenvalue weighted by atomic mass is 10.0. The molecule has 0 aliphatic carbocycles. The highest BCUT2D eigenvalue weighted by Gasteiger charge is 2.19. The van der Waals surface area contributed by atoms with Gasteiger partial charge in [0, 0.05) is 34.6 Å². The molecular weight excluding hydrogens is 541 g/mol. The highest BCUT2D eigenvalue weighted by Crippen LogP contribution is 2.28. The van der Waals surface area contributed by atoms with Crippen LogP contribution in [0.5, 0.6) is 0 Å². The van der Waals surface area contributed by atoms with Gasteiger partial charge in [-0.25, -0.2) is 17.8 Å². The maximum absolute atomic E-state index is 13.4. The molecule has 0 bridgehead atoms. The van der Waals surface area contributed by atoms with Gasteiger partial charge in [-0.1, -0.05) is 50.2 Å². The number of carbonyl (C=O) groups excluding carboxylic acids is 1. The molecular formula is C31H30FN5O3S. The third kappa shape index (κ3) is 6.78. The summed E-state index contributed by atoms with van der Waals surface area (Å²) in [7, 11) is -3.66. The van der Waals surface area contributed by atoms with Gasteiger partial charge >= 0.3 is 0 Å². The number of nitrogens with one attached hydrogen (secondary N) is 3. The van der Waals surface area contributed by atoms with E-state index in [-0.39, 0.29) is 28.7 Å². The van der Waals surface area contributed by atoms with Crippen LogP contribution >= 0.6 is 0 Å². The summed E-state index contributed by atoms with van der Waals surface area (Å²) in [6.45, 7) is 5.42. The Balaban J connectivity index is 1.48. The fraction of sp³-hybridized carbons (Fsp3) is 0.194. The molecule has 2 aromatic heterocycles. The zero-order chi connectivity index (χ0) is 29.1. The summed E-state index contributed by atoms with van der Waals surface area (Å²) >= 11 is 0. The van der Waals surface area contributed by atoms with Crippen molar-refractivity contribution in [2.45, 2.75) is 26.8 Å². The molecule has 0 saturated carbocycles. The molecule has 0 saturated heterocycles. The van der Waals surface area contributed by atoms with Crippen molar-refractivity contribution in [3.05, 3.63) is 102 Å². The molecule has 41 heavy (non-hydrogen) atoms. The van der Waals surface area contributed by atoms with Crippen LogP contribution in [0.3, 0.4) is 0 Å². The van der Waals surface area contributed by atoms with Gasteiger partial charge in [0.25, 0.3) is 5.91 Å². The zero-order valence-corrected chi connectivity index (χ0v) is 23.7. The molecule has 1 atom stereocenters. The van der Waals surface area contributed by atoms with Crippen molar-refractivity contribution in [3.8, 4) is 22.8 Å². The summed E-state index contributed by atoms with van der Waals surface area (Å²) in [5, 5.41) is 4.93. The van der Waals surface area contributed by atoms with E-state index in [1.165, 1.54) is 18.2 Å². The van der Waals surface area contributed by atoms with Crippen LogP contribution in [0.25, 0.3) is 33.5 Å². The average Bonchev–Trinajstić information content (AvgIpc) is 3.42. The van der Waals surface area contributed by atoms with E-state index in [0.717, 1.165) is 16.3 Å². The molecule has 0 unspecified atom stereocenters. The predicted molar refractivity (Wildman–Crippen MR) is 159 cm³/mol. The van der Waals surface area contributed by atoms with E-state index < -0.39 is 22.0 Å². The first-order valence-electron chi connectivity index (χ1n) is 13.2. The van der Waals surface area contributed by atoms with Crippen molar-refractivity contribution in [1.29, 1.82) is 0 Å². The fourth-order valence-electron chi connectivity index (χ4n) is 4.55. The van der Waals surface area contributed by atoms with Crippen molar-refractivity contribution in [1.82, 2.24) is 20.3 Å². The lowest BCUT2D eigenvalue weighted by Gasteiger charge is -2.16. The summed E-state index contributed by atoms with van der Waals surface area (Å²) in [5.41, 5.74) is 2.92. The number of anilines is 1. The van der Waals surface area contributed by atoms with E-state index >= 15 is 0 Å². The Morgan fingerprint density at radius 2 is 1.68 bits per heavy atom. The van der Waals surface area contributed by atoms with E-state index in [4.69, 9.17) is 4.98 Å². The van der Waals surface area contributed by atoms with Crippen molar-refractivity contribution in [3.63, 3.8) is 0 Å². The topological polar surface area (TPSA) is 117 Å². The van der Waals surface area contributed by atoms with Crippen LogP contribution in [-0.4, -0.2) is 35.0 Å². The van der Waals surface area contributed by atoms with E-state index in [1.54, 1.807) is 43.6 Å². The van der Waals surface area contributed by atoms with Gasteiger partial charge in [0.05, 0.1) is 17.5 Å². The molecule has 10 heteroatoms. The second-order valence-electron chi connectivity index (χ2n) is 10.4. The Bertz CT molecular complexity index is 1820. The fourth-order valence-corrected chi connectivity index (χ4v) is 5.99. The highest BCUT2D eigenvalue weighted by atomic mass is 32.2. The first-order chi connectivity index (χ1) is 19.6. The summed E-state index contributed by atoms with van der Waals surface area (Å²) in [5.74, 6) is -0.401. The number of halogens is 1. The number of aromatic nitrogens is 3. The van der Waals surface area contributed by atoms with Gasteiger partial charge in [-0.15, -0.1) is 0 Å². The van der Waals surface area contributed by atoms with Crippen molar-refractivity contribution in [2.24, 2.45) is 5.92 Å². The number of hydrogen-bond donors (Lipinski definition) is 3. The normalized spacial score (nSPS) is 12.4. The minimum absolute atomic E-state index is 0.0689. The number of fused-ring (bicyclic) bond motifs is 1. The van der Waals surface area contributed by atoms with Gasteiger partial charge in [0.15, 0.2) is 5.82 Å². The number of rotatable bonds is 9. The maximum Gasteiger partial charge on any atom is 0.251 e. The number of benzene rings is 3. The number of amides is 1. The van der Waals surface area contributed by atoms with Crippen LogP contribution < -0.4 is 10.0 Å². The number of sulfonamides is 1. The Morgan fingerprint density at radius 3 is 2.41 bits per heavy atom. The van der Waals surface area contributed by atoms with Gasteiger partial charge in [-0.05, 0) is 60.2 Å². The second kappa shape index (κ2) is 11.5. The molecule has 0 radical (unpaired) electrons. The molecule has 0 spiro atoms. The largest absolute Gasteiger partial charge is 0.346 e. The highest BCUT2D eigenvalue weighted by molar-refractivity contribution is 7.92. The third-order valence-electron chi connectivity index (χ3n) is 6.49. The summed E-state index contributed by atoms with van der Waals surface area (Å²) in [6.07, 6.45) is 3.47. The molecule has 5 rings (SSSR count). The van der Waals surface area contributed by atoms with Gasteiger partial charge in [-0.3, -0.25) is 14.5 Å². The molecule has 5 aromatic rings. The molecule has 3 aromatic carbocycles. The van der Waals surface area contributed by atoms with E-state index in [9.17, 15) is 17.6 Å². The van der Waals surface area contributed by atoms with Gasteiger partial charge in [-0.2, -0.15) is 0 Å². The Morgan fingerprint density at radius 1 is 0.951 bits per heavy atom. The maximum atomic E-state index is 13.4. The molecule has 0 aliphatic rings. The van der Waals surface area contributed by atoms with Crippen LogP contribution in [0, 0.1) is 11.7 Å².